The summed E-state index contributed by atoms with van der Waals surface area (Å²) in [7, 11) is 4.06. The topological polar surface area (TPSA) is 33.1 Å². The maximum absolute atomic E-state index is 12.9. The number of alkyl halides is 3. The summed E-state index contributed by atoms with van der Waals surface area (Å²) >= 11 is 0. The summed E-state index contributed by atoms with van der Waals surface area (Å²) in [5.74, 6) is 0.224. The average Bonchev–Trinajstić information content (AvgIpc) is 3.35. The van der Waals surface area contributed by atoms with Crippen LogP contribution >= 0.6 is 0 Å². The highest BCUT2D eigenvalue weighted by molar-refractivity contribution is 5.46. The Hall–Kier alpha value is -3.06. The van der Waals surface area contributed by atoms with Crippen molar-refractivity contribution in [2.24, 2.45) is 0 Å². The normalized spacial score (nSPS) is 18.2. The van der Waals surface area contributed by atoms with Gasteiger partial charge in [-0.05, 0) is 62.2 Å². The van der Waals surface area contributed by atoms with Crippen molar-refractivity contribution in [2.75, 3.05) is 19.0 Å². The zero-order valence-corrected chi connectivity index (χ0v) is 19.3. The molecule has 1 aliphatic rings. The molecule has 2 atom stereocenters. The van der Waals surface area contributed by atoms with E-state index in [1.165, 1.54) is 23.4 Å². The first-order valence-corrected chi connectivity index (χ1v) is 11.0. The second-order valence-corrected chi connectivity index (χ2v) is 8.82. The molecule has 4 nitrogen and oxygen atoms in total. The number of hydrogen-bond donors (Lipinski definition) is 1. The van der Waals surface area contributed by atoms with Crippen LogP contribution in [0.4, 0.5) is 18.9 Å². The van der Waals surface area contributed by atoms with Crippen LogP contribution in [0.1, 0.15) is 40.4 Å². The van der Waals surface area contributed by atoms with Crippen LogP contribution in [0.15, 0.2) is 60.7 Å². The molecule has 3 aromatic rings. The van der Waals surface area contributed by atoms with E-state index in [-0.39, 0.29) is 12.0 Å². The van der Waals surface area contributed by atoms with Gasteiger partial charge in [-0.25, -0.2) is 4.68 Å². The van der Waals surface area contributed by atoms with Gasteiger partial charge in [0.05, 0.1) is 16.9 Å². The van der Waals surface area contributed by atoms with Crippen LogP contribution in [0.5, 0.6) is 0 Å². The number of nitrogens with one attached hydrogen (secondary N) is 1. The lowest BCUT2D eigenvalue weighted by Gasteiger charge is -2.16. The molecule has 0 radical (unpaired) electrons. The fraction of sp³-hybridized carbons (Fsp3) is 0.346. The lowest BCUT2D eigenvalue weighted by Crippen LogP contribution is -2.25. The fourth-order valence-electron chi connectivity index (χ4n) is 4.46. The van der Waals surface area contributed by atoms with Crippen molar-refractivity contribution in [2.45, 2.75) is 44.9 Å². The number of aromatic nitrogens is 2. The van der Waals surface area contributed by atoms with Crippen molar-refractivity contribution in [3.63, 3.8) is 0 Å². The number of aryl methyl sites for hydroxylation is 1. The molecular weight excluding hydrogens is 425 g/mol. The minimum Gasteiger partial charge on any atom is -0.378 e. The lowest BCUT2D eigenvalue weighted by molar-refractivity contribution is -0.137. The predicted octanol–water partition coefficient (Wildman–Crippen LogP) is 5.78. The Bertz CT molecular complexity index is 1130. The van der Waals surface area contributed by atoms with Gasteiger partial charge in [0.25, 0.3) is 0 Å². The van der Waals surface area contributed by atoms with Gasteiger partial charge in [0, 0.05) is 49.5 Å². The number of rotatable bonds is 6. The molecule has 0 saturated carbocycles. The zero-order valence-electron chi connectivity index (χ0n) is 19.3. The van der Waals surface area contributed by atoms with Crippen molar-refractivity contribution < 1.29 is 13.2 Å². The van der Waals surface area contributed by atoms with Crippen molar-refractivity contribution in [3.05, 3.63) is 88.8 Å². The first-order chi connectivity index (χ1) is 15.6. The Kier molecular flexibility index (Phi) is 6.34. The van der Waals surface area contributed by atoms with Gasteiger partial charge >= 0.3 is 6.18 Å². The number of benzene rings is 2. The van der Waals surface area contributed by atoms with E-state index < -0.39 is 11.7 Å². The molecule has 0 fully saturated rings. The molecule has 1 aromatic heterocycles. The Balaban J connectivity index is 1.43. The molecule has 7 heteroatoms. The van der Waals surface area contributed by atoms with E-state index in [0.717, 1.165) is 42.0 Å². The average molecular weight is 455 g/mol. The Morgan fingerprint density at radius 1 is 1.00 bits per heavy atom. The standard InChI is InChI=1S/C26H29F3N4/c1-17-25(18(2)33(31-17)24-13-8-21(9-14-24)26(27,28)29)20-7-10-22(15-20)30-16-19-5-11-23(12-6-19)32(3)4/h5-14,20,22,30H,15-16H2,1-4H3/t20-,22-/m1/s1. The van der Waals surface area contributed by atoms with Gasteiger partial charge in [0.15, 0.2) is 0 Å². The largest absolute Gasteiger partial charge is 0.416 e. The van der Waals surface area contributed by atoms with Crippen LogP contribution in [-0.4, -0.2) is 29.9 Å². The van der Waals surface area contributed by atoms with Crippen molar-refractivity contribution in [3.8, 4) is 5.69 Å². The van der Waals surface area contributed by atoms with E-state index in [2.05, 4.69) is 51.7 Å². The summed E-state index contributed by atoms with van der Waals surface area (Å²) in [6, 6.07) is 13.9. The number of halogens is 3. The SMILES string of the molecule is Cc1nn(-c2ccc(C(F)(F)F)cc2)c(C)c1[C@@H]1C=C[C@@H](NCc2ccc(N(C)C)cc2)C1. The van der Waals surface area contributed by atoms with Gasteiger partial charge in [-0.15, -0.1) is 0 Å². The highest BCUT2D eigenvalue weighted by atomic mass is 19.4. The second-order valence-electron chi connectivity index (χ2n) is 8.82. The van der Waals surface area contributed by atoms with Crippen LogP contribution in [0.3, 0.4) is 0 Å². The molecule has 0 aliphatic heterocycles. The zero-order chi connectivity index (χ0) is 23.8. The summed E-state index contributed by atoms with van der Waals surface area (Å²) < 4.78 is 40.4. The summed E-state index contributed by atoms with van der Waals surface area (Å²) in [5, 5.41) is 8.24. The molecule has 0 saturated heterocycles. The summed E-state index contributed by atoms with van der Waals surface area (Å²) in [6.45, 7) is 4.73. The number of nitrogens with zero attached hydrogens (tertiary/aromatic N) is 3. The van der Waals surface area contributed by atoms with Crippen LogP contribution in [0, 0.1) is 13.8 Å². The maximum Gasteiger partial charge on any atom is 0.416 e. The van der Waals surface area contributed by atoms with Gasteiger partial charge in [-0.2, -0.15) is 18.3 Å². The van der Waals surface area contributed by atoms with E-state index in [1.54, 1.807) is 4.68 Å². The molecule has 4 rings (SSSR count). The Labute approximate surface area is 192 Å². The van der Waals surface area contributed by atoms with Crippen molar-refractivity contribution in [1.29, 1.82) is 0 Å². The quantitative estimate of drug-likeness (QED) is 0.480. The van der Waals surface area contributed by atoms with Gasteiger partial charge < -0.3 is 10.2 Å². The summed E-state index contributed by atoms with van der Waals surface area (Å²) in [6.07, 6.45) is 0.994. The van der Waals surface area contributed by atoms with Gasteiger partial charge in [0.2, 0.25) is 0 Å². The van der Waals surface area contributed by atoms with Gasteiger partial charge in [0.1, 0.15) is 0 Å². The number of allylic oxidation sites excluding steroid dienone is 1. The maximum atomic E-state index is 12.9. The van der Waals surface area contributed by atoms with E-state index in [1.807, 2.05) is 27.9 Å². The summed E-state index contributed by atoms with van der Waals surface area (Å²) in [4.78, 5) is 2.08. The van der Waals surface area contributed by atoms with Crippen molar-refractivity contribution in [1.82, 2.24) is 15.1 Å². The van der Waals surface area contributed by atoms with E-state index >= 15 is 0 Å². The third-order valence-corrected chi connectivity index (χ3v) is 6.26. The molecule has 33 heavy (non-hydrogen) atoms. The molecule has 1 N–H and O–H groups in total. The van der Waals surface area contributed by atoms with Crippen LogP contribution in [0.2, 0.25) is 0 Å². The van der Waals surface area contributed by atoms with Crippen LogP contribution < -0.4 is 10.2 Å². The van der Waals surface area contributed by atoms with Crippen LogP contribution in [0.25, 0.3) is 5.69 Å². The molecule has 0 bridgehead atoms. The molecule has 1 heterocycles. The Morgan fingerprint density at radius 2 is 1.67 bits per heavy atom. The number of hydrogen-bond acceptors (Lipinski definition) is 3. The number of anilines is 1. The fourth-order valence-corrected chi connectivity index (χ4v) is 4.46. The van der Waals surface area contributed by atoms with Gasteiger partial charge in [-0.1, -0.05) is 24.3 Å². The smallest absolute Gasteiger partial charge is 0.378 e. The van der Waals surface area contributed by atoms with E-state index in [4.69, 9.17) is 0 Å². The minimum atomic E-state index is -4.34. The van der Waals surface area contributed by atoms with Crippen LogP contribution in [-0.2, 0) is 12.7 Å². The highest BCUT2D eigenvalue weighted by Gasteiger charge is 2.30. The first kappa shape index (κ1) is 23.1. The molecule has 0 spiro atoms. The van der Waals surface area contributed by atoms with Gasteiger partial charge in [-0.3, -0.25) is 0 Å². The second kappa shape index (κ2) is 9.06. The lowest BCUT2D eigenvalue weighted by atomic mass is 9.96. The molecule has 2 aromatic carbocycles. The van der Waals surface area contributed by atoms with Crippen molar-refractivity contribution >= 4 is 5.69 Å². The highest BCUT2D eigenvalue weighted by Crippen LogP contribution is 2.35. The third-order valence-electron chi connectivity index (χ3n) is 6.26. The molecule has 0 unspecified atom stereocenters. The summed E-state index contributed by atoms with van der Waals surface area (Å²) in [5.41, 5.74) is 5.40. The van der Waals surface area contributed by atoms with E-state index in [0.29, 0.717) is 5.69 Å². The Morgan fingerprint density at radius 3 is 2.27 bits per heavy atom. The van der Waals surface area contributed by atoms with E-state index in [9.17, 15) is 13.2 Å². The molecule has 0 amide bonds. The molecule has 174 valence electrons. The minimum absolute atomic E-state index is 0.224. The predicted molar refractivity (Wildman–Crippen MR) is 126 cm³/mol. The third kappa shape index (κ3) is 4.98. The monoisotopic (exact) mass is 454 g/mol. The first-order valence-electron chi connectivity index (χ1n) is 11.0. The molecule has 1 aliphatic carbocycles. The molecular formula is C26H29F3N4.